The highest BCUT2D eigenvalue weighted by molar-refractivity contribution is 5.93. The lowest BCUT2D eigenvalue weighted by Gasteiger charge is -2.13. The van der Waals surface area contributed by atoms with Crippen molar-refractivity contribution in [2.45, 2.75) is 26.3 Å². The molecule has 0 saturated heterocycles. The van der Waals surface area contributed by atoms with E-state index in [0.717, 1.165) is 0 Å². The standard InChI is InChI=1S/C16H20N2O2/c1-11-3-5-13(6-4-11)12(2)9-18-16(19)14-7-15(8-17)20-10-14/h3-7,10,12H,8-9,17H2,1-2H3,(H,18,19). The van der Waals surface area contributed by atoms with E-state index >= 15 is 0 Å². The van der Waals surface area contributed by atoms with Crippen LogP contribution < -0.4 is 11.1 Å². The van der Waals surface area contributed by atoms with Crippen molar-refractivity contribution in [3.05, 3.63) is 59.0 Å². The Hall–Kier alpha value is -2.07. The Bertz CT molecular complexity index is 572. The maximum Gasteiger partial charge on any atom is 0.254 e. The maximum atomic E-state index is 12.0. The van der Waals surface area contributed by atoms with E-state index in [1.165, 1.54) is 17.4 Å². The van der Waals surface area contributed by atoms with E-state index in [4.69, 9.17) is 10.2 Å². The Morgan fingerprint density at radius 2 is 2.05 bits per heavy atom. The van der Waals surface area contributed by atoms with Gasteiger partial charge in [-0.1, -0.05) is 36.8 Å². The zero-order valence-corrected chi connectivity index (χ0v) is 11.8. The molecule has 0 saturated carbocycles. The highest BCUT2D eigenvalue weighted by atomic mass is 16.3. The third-order valence-corrected chi connectivity index (χ3v) is 3.33. The molecule has 0 aliphatic rings. The third kappa shape index (κ3) is 3.48. The molecule has 0 radical (unpaired) electrons. The van der Waals surface area contributed by atoms with Gasteiger partial charge in [-0.2, -0.15) is 0 Å². The summed E-state index contributed by atoms with van der Waals surface area (Å²) in [4.78, 5) is 12.0. The predicted octanol–water partition coefficient (Wildman–Crippen LogP) is 2.58. The van der Waals surface area contributed by atoms with E-state index in [0.29, 0.717) is 24.4 Å². The molecule has 2 rings (SSSR count). The van der Waals surface area contributed by atoms with E-state index in [-0.39, 0.29) is 11.8 Å². The topological polar surface area (TPSA) is 68.3 Å². The number of furan rings is 1. The summed E-state index contributed by atoms with van der Waals surface area (Å²) in [6.07, 6.45) is 1.44. The van der Waals surface area contributed by atoms with Crippen molar-refractivity contribution in [2.75, 3.05) is 6.54 Å². The molecule has 0 spiro atoms. The van der Waals surface area contributed by atoms with Gasteiger partial charge in [-0.3, -0.25) is 4.79 Å². The van der Waals surface area contributed by atoms with Crippen LogP contribution in [0.5, 0.6) is 0 Å². The quantitative estimate of drug-likeness (QED) is 0.879. The van der Waals surface area contributed by atoms with Gasteiger partial charge in [0.05, 0.1) is 12.1 Å². The number of nitrogens with one attached hydrogen (secondary N) is 1. The highest BCUT2D eigenvalue weighted by Crippen LogP contribution is 2.15. The first-order valence-corrected chi connectivity index (χ1v) is 6.72. The lowest BCUT2D eigenvalue weighted by molar-refractivity contribution is 0.0951. The summed E-state index contributed by atoms with van der Waals surface area (Å²) in [5.74, 6) is 0.745. The van der Waals surface area contributed by atoms with Gasteiger partial charge < -0.3 is 15.5 Å². The van der Waals surface area contributed by atoms with Crippen LogP contribution in [0.15, 0.2) is 41.0 Å². The maximum absolute atomic E-state index is 12.0. The van der Waals surface area contributed by atoms with Crippen LogP contribution in [0.1, 0.15) is 40.1 Å². The van der Waals surface area contributed by atoms with Crippen molar-refractivity contribution < 1.29 is 9.21 Å². The minimum Gasteiger partial charge on any atom is -0.467 e. The van der Waals surface area contributed by atoms with Crippen LogP contribution in [-0.4, -0.2) is 12.5 Å². The van der Waals surface area contributed by atoms with Crippen LogP contribution in [0.4, 0.5) is 0 Å². The zero-order chi connectivity index (χ0) is 14.5. The van der Waals surface area contributed by atoms with Crippen LogP contribution in [0.3, 0.4) is 0 Å². The van der Waals surface area contributed by atoms with Crippen molar-refractivity contribution >= 4 is 5.91 Å². The second-order valence-electron chi connectivity index (χ2n) is 5.03. The molecule has 0 aliphatic carbocycles. The van der Waals surface area contributed by atoms with Gasteiger partial charge in [0.1, 0.15) is 12.0 Å². The average Bonchev–Trinajstić information content (AvgIpc) is 2.94. The summed E-state index contributed by atoms with van der Waals surface area (Å²) < 4.78 is 5.15. The SMILES string of the molecule is Cc1ccc(C(C)CNC(=O)c2coc(CN)c2)cc1. The van der Waals surface area contributed by atoms with Crippen molar-refractivity contribution in [3.8, 4) is 0 Å². The van der Waals surface area contributed by atoms with Crippen molar-refractivity contribution in [1.29, 1.82) is 0 Å². The molecular formula is C16H20N2O2. The first-order valence-electron chi connectivity index (χ1n) is 6.72. The molecule has 0 bridgehead atoms. The van der Waals surface area contributed by atoms with E-state index in [2.05, 4.69) is 43.4 Å². The molecule has 4 nitrogen and oxygen atoms in total. The van der Waals surface area contributed by atoms with Gasteiger partial charge in [0.2, 0.25) is 0 Å². The molecule has 0 aliphatic heterocycles. The van der Waals surface area contributed by atoms with E-state index in [1.807, 2.05) is 0 Å². The van der Waals surface area contributed by atoms with Gasteiger partial charge in [-0.25, -0.2) is 0 Å². The van der Waals surface area contributed by atoms with Gasteiger partial charge >= 0.3 is 0 Å². The molecule has 106 valence electrons. The van der Waals surface area contributed by atoms with Crippen molar-refractivity contribution in [2.24, 2.45) is 5.73 Å². The molecule has 4 heteroatoms. The Balaban J connectivity index is 1.91. The second kappa shape index (κ2) is 6.39. The third-order valence-electron chi connectivity index (χ3n) is 3.33. The highest BCUT2D eigenvalue weighted by Gasteiger charge is 2.11. The number of nitrogens with two attached hydrogens (primary N) is 1. The molecular weight excluding hydrogens is 252 g/mol. The van der Waals surface area contributed by atoms with Crippen LogP contribution in [0.2, 0.25) is 0 Å². The molecule has 3 N–H and O–H groups in total. The number of amides is 1. The minimum absolute atomic E-state index is 0.132. The van der Waals surface area contributed by atoms with Crippen molar-refractivity contribution in [3.63, 3.8) is 0 Å². The van der Waals surface area contributed by atoms with Crippen LogP contribution >= 0.6 is 0 Å². The number of carbonyl (C=O) groups is 1. The predicted molar refractivity (Wildman–Crippen MR) is 78.5 cm³/mol. The first-order chi connectivity index (χ1) is 9.60. The Kier molecular flexibility index (Phi) is 4.58. The number of hydrogen-bond acceptors (Lipinski definition) is 3. The van der Waals surface area contributed by atoms with Gasteiger partial charge in [0.25, 0.3) is 5.91 Å². The summed E-state index contributed by atoms with van der Waals surface area (Å²) in [7, 11) is 0. The Labute approximate surface area is 119 Å². The summed E-state index contributed by atoms with van der Waals surface area (Å²) in [5.41, 5.74) is 8.41. The number of hydrogen-bond donors (Lipinski definition) is 2. The van der Waals surface area contributed by atoms with Gasteiger partial charge in [0.15, 0.2) is 0 Å². The van der Waals surface area contributed by atoms with Crippen molar-refractivity contribution in [1.82, 2.24) is 5.32 Å². The Morgan fingerprint density at radius 3 is 2.65 bits per heavy atom. The largest absolute Gasteiger partial charge is 0.467 e. The summed E-state index contributed by atoms with van der Waals surface area (Å²) in [6.45, 7) is 5.04. The van der Waals surface area contributed by atoms with Gasteiger partial charge in [-0.15, -0.1) is 0 Å². The van der Waals surface area contributed by atoms with E-state index in [1.54, 1.807) is 6.07 Å². The molecule has 1 heterocycles. The normalized spacial score (nSPS) is 12.2. The molecule has 20 heavy (non-hydrogen) atoms. The van der Waals surface area contributed by atoms with Crippen LogP contribution in [0.25, 0.3) is 0 Å². The fourth-order valence-electron chi connectivity index (χ4n) is 1.97. The number of aryl methyl sites for hydroxylation is 1. The number of carbonyl (C=O) groups excluding carboxylic acids is 1. The van der Waals surface area contributed by atoms with Gasteiger partial charge in [-0.05, 0) is 24.5 Å². The average molecular weight is 272 g/mol. The van der Waals surface area contributed by atoms with E-state index < -0.39 is 0 Å². The molecule has 1 unspecified atom stereocenters. The second-order valence-corrected chi connectivity index (χ2v) is 5.03. The molecule has 1 atom stereocenters. The van der Waals surface area contributed by atoms with Crippen LogP contribution in [-0.2, 0) is 6.54 Å². The molecule has 2 aromatic rings. The van der Waals surface area contributed by atoms with Crippen LogP contribution in [0, 0.1) is 6.92 Å². The summed E-state index contributed by atoms with van der Waals surface area (Å²) in [5, 5.41) is 2.91. The smallest absolute Gasteiger partial charge is 0.254 e. The first kappa shape index (κ1) is 14.3. The minimum atomic E-state index is -0.132. The van der Waals surface area contributed by atoms with Gasteiger partial charge in [0, 0.05) is 6.54 Å². The fourth-order valence-corrected chi connectivity index (χ4v) is 1.97. The number of rotatable bonds is 5. The lowest BCUT2D eigenvalue weighted by atomic mass is 10.00. The molecule has 1 aromatic carbocycles. The lowest BCUT2D eigenvalue weighted by Crippen LogP contribution is -2.27. The fraction of sp³-hybridized carbons (Fsp3) is 0.312. The molecule has 1 amide bonds. The zero-order valence-electron chi connectivity index (χ0n) is 11.8. The Morgan fingerprint density at radius 1 is 1.35 bits per heavy atom. The van der Waals surface area contributed by atoms with E-state index in [9.17, 15) is 4.79 Å². The number of benzene rings is 1. The molecule has 0 fully saturated rings. The summed E-state index contributed by atoms with van der Waals surface area (Å²) in [6, 6.07) is 10.0. The monoisotopic (exact) mass is 272 g/mol. The molecule has 1 aromatic heterocycles. The summed E-state index contributed by atoms with van der Waals surface area (Å²) >= 11 is 0.